The lowest BCUT2D eigenvalue weighted by atomic mass is 10.2. The molecule has 0 radical (unpaired) electrons. The number of benzene rings is 2. The van der Waals surface area contributed by atoms with Gasteiger partial charge in [0.2, 0.25) is 20.0 Å². The molecule has 0 unspecified atom stereocenters. The molecule has 2 aromatic carbocycles. The number of nitrogens with zero attached hydrogens (tertiary/aromatic N) is 1. The van der Waals surface area contributed by atoms with Crippen molar-refractivity contribution < 1.29 is 21.3 Å². The predicted octanol–water partition coefficient (Wildman–Crippen LogP) is 3.76. The van der Waals surface area contributed by atoms with Gasteiger partial charge in [-0.25, -0.2) is 21.6 Å². The van der Waals surface area contributed by atoms with Crippen LogP contribution in [0.5, 0.6) is 0 Å². The van der Waals surface area contributed by atoms with Crippen molar-refractivity contribution in [1.82, 2.24) is 9.03 Å². The lowest BCUT2D eigenvalue weighted by molar-refractivity contribution is 0.358. The fourth-order valence-electron chi connectivity index (χ4n) is 3.05. The lowest BCUT2D eigenvalue weighted by Crippen LogP contribution is -2.30. The first-order chi connectivity index (χ1) is 14.8. The Morgan fingerprint density at radius 2 is 1.58 bits per heavy atom. The molecule has 0 spiro atoms. The number of hydrogen-bond donors (Lipinski definition) is 1. The summed E-state index contributed by atoms with van der Waals surface area (Å²) in [5.74, 6) is 0.475. The van der Waals surface area contributed by atoms with Gasteiger partial charge in [0.05, 0.1) is 22.6 Å². The van der Waals surface area contributed by atoms with Gasteiger partial charge in [-0.05, 0) is 60.9 Å². The van der Waals surface area contributed by atoms with Crippen LogP contribution in [0.3, 0.4) is 0 Å². The van der Waals surface area contributed by atoms with Gasteiger partial charge in [0, 0.05) is 17.6 Å². The Bertz CT molecular complexity index is 1250. The Kier molecular flexibility index (Phi) is 6.23. The second kappa shape index (κ2) is 8.76. The summed E-state index contributed by atoms with van der Waals surface area (Å²) in [6, 6.07) is 15.6. The number of nitrogens with one attached hydrogen (secondary N) is 1. The molecule has 0 saturated heterocycles. The van der Waals surface area contributed by atoms with Crippen LogP contribution < -0.4 is 4.72 Å². The van der Waals surface area contributed by atoms with E-state index in [1.165, 1.54) is 34.8 Å². The van der Waals surface area contributed by atoms with Gasteiger partial charge in [0.15, 0.2) is 0 Å². The van der Waals surface area contributed by atoms with Gasteiger partial charge in [-0.15, -0.1) is 0 Å². The molecular formula is C21H21ClN2O5S2. The maximum atomic E-state index is 13.4. The molecule has 1 aromatic heterocycles. The Balaban J connectivity index is 1.63. The quantitative estimate of drug-likeness (QED) is 0.503. The van der Waals surface area contributed by atoms with E-state index in [1.54, 1.807) is 36.4 Å². The number of furan rings is 1. The minimum absolute atomic E-state index is 0.00381. The van der Waals surface area contributed by atoms with E-state index >= 15 is 0 Å². The van der Waals surface area contributed by atoms with Crippen molar-refractivity contribution in [2.24, 2.45) is 0 Å². The topological polar surface area (TPSA) is 96.7 Å². The van der Waals surface area contributed by atoms with Crippen molar-refractivity contribution in [2.75, 3.05) is 0 Å². The minimum atomic E-state index is -3.97. The Morgan fingerprint density at radius 3 is 2.19 bits per heavy atom. The smallest absolute Gasteiger partial charge is 0.243 e. The lowest BCUT2D eigenvalue weighted by Gasteiger charge is -2.22. The number of rotatable bonds is 9. The van der Waals surface area contributed by atoms with Crippen molar-refractivity contribution in [3.63, 3.8) is 0 Å². The highest BCUT2D eigenvalue weighted by Crippen LogP contribution is 2.26. The number of hydrogen-bond acceptors (Lipinski definition) is 5. The molecule has 164 valence electrons. The monoisotopic (exact) mass is 480 g/mol. The third-order valence-corrected chi connectivity index (χ3v) is 8.60. The SMILES string of the molecule is O=S(=O)(NC1CC1)c1ccc(S(=O)(=O)N(Cc2ccco2)Cc2ccccc2Cl)cc1. The van der Waals surface area contributed by atoms with Gasteiger partial charge in [0.25, 0.3) is 0 Å². The maximum absolute atomic E-state index is 13.4. The van der Waals surface area contributed by atoms with E-state index < -0.39 is 20.0 Å². The molecule has 0 aliphatic heterocycles. The van der Waals surface area contributed by atoms with Crippen LogP contribution in [0.2, 0.25) is 5.02 Å². The first-order valence-corrected chi connectivity index (χ1v) is 12.9. The molecule has 10 heteroatoms. The van der Waals surface area contributed by atoms with Crippen molar-refractivity contribution in [3.8, 4) is 0 Å². The first-order valence-electron chi connectivity index (χ1n) is 9.64. The molecule has 31 heavy (non-hydrogen) atoms. The molecule has 1 aliphatic rings. The molecule has 1 fully saturated rings. The van der Waals surface area contributed by atoms with Gasteiger partial charge in [-0.2, -0.15) is 4.31 Å². The molecular weight excluding hydrogens is 460 g/mol. The van der Waals surface area contributed by atoms with E-state index in [0.717, 1.165) is 12.8 Å². The summed E-state index contributed by atoms with van der Waals surface area (Å²) in [5.41, 5.74) is 0.645. The molecule has 0 amide bonds. The highest BCUT2D eigenvalue weighted by atomic mass is 35.5. The molecule has 1 aliphatic carbocycles. The van der Waals surface area contributed by atoms with E-state index in [2.05, 4.69) is 4.72 Å². The molecule has 3 aromatic rings. The Morgan fingerprint density at radius 1 is 0.903 bits per heavy atom. The summed E-state index contributed by atoms with van der Waals surface area (Å²) < 4.78 is 60.7. The van der Waals surface area contributed by atoms with Crippen molar-refractivity contribution in [2.45, 2.75) is 41.8 Å². The summed E-state index contributed by atoms with van der Waals surface area (Å²) in [6.07, 6.45) is 3.10. The Hall–Kier alpha value is -2.17. The van der Waals surface area contributed by atoms with E-state index in [4.69, 9.17) is 16.0 Å². The summed E-state index contributed by atoms with van der Waals surface area (Å²) in [6.45, 7) is 0.0375. The summed E-state index contributed by atoms with van der Waals surface area (Å²) in [5, 5.41) is 0.453. The van der Waals surface area contributed by atoms with Crippen molar-refractivity contribution >= 4 is 31.6 Å². The minimum Gasteiger partial charge on any atom is -0.468 e. The average molecular weight is 481 g/mol. The van der Waals surface area contributed by atoms with Crippen LogP contribution in [0.1, 0.15) is 24.2 Å². The van der Waals surface area contributed by atoms with Crippen LogP contribution in [0, 0.1) is 0 Å². The van der Waals surface area contributed by atoms with Crippen LogP contribution in [-0.4, -0.2) is 27.2 Å². The van der Waals surface area contributed by atoms with Gasteiger partial charge in [-0.3, -0.25) is 0 Å². The standard InChI is InChI=1S/C21H21ClN2O5S2/c22-21-6-2-1-4-16(21)14-24(15-18-5-3-13-29-18)31(27,28)20-11-9-19(10-12-20)30(25,26)23-17-7-8-17/h1-6,9-13,17,23H,7-8,14-15H2. The van der Waals surface area contributed by atoms with Crippen LogP contribution in [-0.2, 0) is 33.1 Å². The molecule has 4 rings (SSSR count). The normalized spacial score (nSPS) is 14.8. The summed E-state index contributed by atoms with van der Waals surface area (Å²) in [4.78, 5) is 0.0125. The second-order valence-corrected chi connectivity index (χ2v) is 11.4. The molecule has 0 bridgehead atoms. The third kappa shape index (κ3) is 5.19. The van der Waals surface area contributed by atoms with E-state index in [-0.39, 0.29) is 28.9 Å². The molecule has 1 N–H and O–H groups in total. The van der Waals surface area contributed by atoms with E-state index in [1.807, 2.05) is 0 Å². The van der Waals surface area contributed by atoms with Crippen LogP contribution in [0.25, 0.3) is 0 Å². The molecule has 0 atom stereocenters. The van der Waals surface area contributed by atoms with Gasteiger partial charge in [0.1, 0.15) is 5.76 Å². The van der Waals surface area contributed by atoms with Gasteiger partial charge in [-0.1, -0.05) is 29.8 Å². The van der Waals surface area contributed by atoms with Crippen LogP contribution in [0.15, 0.2) is 81.1 Å². The van der Waals surface area contributed by atoms with Crippen LogP contribution >= 0.6 is 11.6 Å². The number of halogens is 1. The first kappa shape index (κ1) is 22.0. The second-order valence-electron chi connectivity index (χ2n) is 7.31. The predicted molar refractivity (Wildman–Crippen MR) is 116 cm³/mol. The van der Waals surface area contributed by atoms with Gasteiger partial charge < -0.3 is 4.42 Å². The van der Waals surface area contributed by atoms with Crippen molar-refractivity contribution in [1.29, 1.82) is 0 Å². The van der Waals surface area contributed by atoms with E-state index in [0.29, 0.717) is 16.3 Å². The highest BCUT2D eigenvalue weighted by Gasteiger charge is 2.30. The van der Waals surface area contributed by atoms with Crippen molar-refractivity contribution in [3.05, 3.63) is 83.3 Å². The zero-order valence-corrected chi connectivity index (χ0v) is 18.8. The van der Waals surface area contributed by atoms with E-state index in [9.17, 15) is 16.8 Å². The largest absolute Gasteiger partial charge is 0.468 e. The zero-order valence-electron chi connectivity index (χ0n) is 16.4. The molecule has 7 nitrogen and oxygen atoms in total. The fraction of sp³-hybridized carbons (Fsp3) is 0.238. The maximum Gasteiger partial charge on any atom is 0.243 e. The highest BCUT2D eigenvalue weighted by molar-refractivity contribution is 7.89. The summed E-state index contributed by atoms with van der Waals surface area (Å²) >= 11 is 6.25. The molecule has 1 saturated carbocycles. The average Bonchev–Trinajstić information content (AvgIpc) is 3.39. The van der Waals surface area contributed by atoms with Crippen LogP contribution in [0.4, 0.5) is 0 Å². The molecule has 1 heterocycles. The fourth-order valence-corrected chi connectivity index (χ4v) is 5.93. The third-order valence-electron chi connectivity index (χ3n) is 4.89. The zero-order chi connectivity index (χ0) is 22.1. The Labute approximate surface area is 186 Å². The summed E-state index contributed by atoms with van der Waals surface area (Å²) in [7, 11) is -7.63. The number of sulfonamides is 2. The van der Waals surface area contributed by atoms with Gasteiger partial charge >= 0.3 is 0 Å².